The van der Waals surface area contributed by atoms with Crippen LogP contribution in [0.15, 0.2) is 42.6 Å². The predicted octanol–water partition coefficient (Wildman–Crippen LogP) is 3.65. The molecule has 3 heteroatoms. The smallest absolute Gasteiger partial charge is 0.137 e. The van der Waals surface area contributed by atoms with Gasteiger partial charge in [0, 0.05) is 10.9 Å². The molecule has 0 radical (unpaired) electrons. The Morgan fingerprint density at radius 3 is 2.62 bits per heavy atom. The number of pyridine rings is 1. The minimum atomic E-state index is 0.765. The maximum absolute atomic E-state index is 5.16. The van der Waals surface area contributed by atoms with Crippen molar-refractivity contribution in [3.63, 3.8) is 0 Å². The molecule has 0 fully saturated rings. The van der Waals surface area contributed by atoms with Crippen LogP contribution in [0.1, 0.15) is 5.56 Å². The molecule has 2 aromatic rings. The zero-order valence-corrected chi connectivity index (χ0v) is 10.6. The molecule has 2 rings (SSSR count). The fraction of sp³-hybridized carbons (Fsp3) is 0.154. The zero-order chi connectivity index (χ0) is 11.4. The highest BCUT2D eigenvalue weighted by atomic mass is 79.9. The van der Waals surface area contributed by atoms with Crippen LogP contribution in [0.3, 0.4) is 0 Å². The minimum Gasteiger partial charge on any atom is -0.495 e. The van der Waals surface area contributed by atoms with Crippen molar-refractivity contribution in [2.45, 2.75) is 5.33 Å². The van der Waals surface area contributed by atoms with Gasteiger partial charge in [-0.1, -0.05) is 46.3 Å². The van der Waals surface area contributed by atoms with Crippen LogP contribution in [-0.4, -0.2) is 12.1 Å². The summed E-state index contributed by atoms with van der Waals surface area (Å²) < 4.78 is 5.16. The molecule has 1 aromatic heterocycles. The summed E-state index contributed by atoms with van der Waals surface area (Å²) in [7, 11) is 1.65. The van der Waals surface area contributed by atoms with Crippen molar-refractivity contribution in [1.82, 2.24) is 4.98 Å². The van der Waals surface area contributed by atoms with E-state index in [0.717, 1.165) is 27.9 Å². The maximum Gasteiger partial charge on any atom is 0.137 e. The number of aromatic nitrogens is 1. The first kappa shape index (κ1) is 11.1. The van der Waals surface area contributed by atoms with Gasteiger partial charge in [-0.05, 0) is 11.6 Å². The topological polar surface area (TPSA) is 22.1 Å². The number of ether oxygens (including phenoxy) is 1. The minimum absolute atomic E-state index is 0.765. The fourth-order valence-electron chi connectivity index (χ4n) is 1.56. The van der Waals surface area contributed by atoms with Crippen LogP contribution in [0.5, 0.6) is 5.75 Å². The second-order valence-corrected chi connectivity index (χ2v) is 3.94. The van der Waals surface area contributed by atoms with Crippen molar-refractivity contribution < 1.29 is 4.74 Å². The van der Waals surface area contributed by atoms with E-state index in [1.807, 2.05) is 24.3 Å². The lowest BCUT2D eigenvalue weighted by Crippen LogP contribution is -1.93. The number of alkyl halides is 1. The van der Waals surface area contributed by atoms with Gasteiger partial charge in [0.1, 0.15) is 5.75 Å². The van der Waals surface area contributed by atoms with Crippen molar-refractivity contribution in [2.24, 2.45) is 0 Å². The van der Waals surface area contributed by atoms with Gasteiger partial charge in [-0.3, -0.25) is 4.98 Å². The number of benzene rings is 1. The molecule has 0 unspecified atom stereocenters. The number of halogens is 1. The van der Waals surface area contributed by atoms with E-state index in [1.165, 1.54) is 0 Å². The summed E-state index contributed by atoms with van der Waals surface area (Å²) >= 11 is 3.47. The summed E-state index contributed by atoms with van der Waals surface area (Å²) in [4.78, 5) is 4.44. The molecule has 1 aromatic carbocycles. The summed E-state index contributed by atoms with van der Waals surface area (Å²) in [6.07, 6.45) is 1.74. The molecule has 82 valence electrons. The Morgan fingerprint density at radius 1 is 1.25 bits per heavy atom. The molecule has 0 N–H and O–H groups in total. The number of nitrogens with zero attached hydrogens (tertiary/aromatic N) is 1. The third kappa shape index (κ3) is 2.25. The molecular formula is C13H12BrNO. The van der Waals surface area contributed by atoms with Gasteiger partial charge in [0.25, 0.3) is 0 Å². The molecule has 16 heavy (non-hydrogen) atoms. The summed E-state index contributed by atoms with van der Waals surface area (Å²) in [5, 5.41) is 0.765. The summed E-state index contributed by atoms with van der Waals surface area (Å²) in [6.45, 7) is 0. The third-order valence-electron chi connectivity index (χ3n) is 2.37. The SMILES string of the molecule is COc1cnc(-c2ccccc2)c(CBr)c1. The average molecular weight is 278 g/mol. The van der Waals surface area contributed by atoms with Crippen LogP contribution in [0.2, 0.25) is 0 Å². The summed E-state index contributed by atoms with van der Waals surface area (Å²) in [5.74, 6) is 0.786. The second kappa shape index (κ2) is 5.12. The lowest BCUT2D eigenvalue weighted by atomic mass is 10.1. The van der Waals surface area contributed by atoms with Crippen LogP contribution in [0.4, 0.5) is 0 Å². The van der Waals surface area contributed by atoms with E-state index in [4.69, 9.17) is 4.74 Å². The van der Waals surface area contributed by atoms with Gasteiger partial charge in [0.15, 0.2) is 0 Å². The Bertz CT molecular complexity index is 471. The van der Waals surface area contributed by atoms with Crippen LogP contribution in [0.25, 0.3) is 11.3 Å². The Hall–Kier alpha value is -1.35. The van der Waals surface area contributed by atoms with Crippen LogP contribution in [-0.2, 0) is 5.33 Å². The van der Waals surface area contributed by atoms with Crippen LogP contribution in [0, 0.1) is 0 Å². The summed E-state index contributed by atoms with van der Waals surface area (Å²) in [5.41, 5.74) is 3.25. The normalized spacial score (nSPS) is 10.1. The van der Waals surface area contributed by atoms with E-state index in [2.05, 4.69) is 33.0 Å². The van der Waals surface area contributed by atoms with Gasteiger partial charge >= 0.3 is 0 Å². The monoisotopic (exact) mass is 277 g/mol. The Labute approximate surface area is 103 Å². The molecule has 0 bridgehead atoms. The number of hydrogen-bond acceptors (Lipinski definition) is 2. The van der Waals surface area contributed by atoms with Crippen molar-refractivity contribution in [3.05, 3.63) is 48.2 Å². The highest BCUT2D eigenvalue weighted by molar-refractivity contribution is 9.08. The van der Waals surface area contributed by atoms with E-state index in [-0.39, 0.29) is 0 Å². The van der Waals surface area contributed by atoms with Gasteiger partial charge in [0.05, 0.1) is 19.0 Å². The molecular weight excluding hydrogens is 266 g/mol. The van der Waals surface area contributed by atoms with E-state index in [0.29, 0.717) is 0 Å². The summed E-state index contributed by atoms with van der Waals surface area (Å²) in [6, 6.07) is 12.1. The molecule has 0 saturated heterocycles. The first-order valence-corrected chi connectivity index (χ1v) is 6.11. The predicted molar refractivity (Wildman–Crippen MR) is 68.9 cm³/mol. The molecule has 1 heterocycles. The first-order chi connectivity index (χ1) is 7.85. The Kier molecular flexibility index (Phi) is 3.57. The largest absolute Gasteiger partial charge is 0.495 e. The number of rotatable bonds is 3. The third-order valence-corrected chi connectivity index (χ3v) is 2.97. The lowest BCUT2D eigenvalue weighted by molar-refractivity contribution is 0.412. The fourth-order valence-corrected chi connectivity index (χ4v) is 1.99. The van der Waals surface area contributed by atoms with Crippen molar-refractivity contribution in [1.29, 1.82) is 0 Å². The van der Waals surface area contributed by atoms with E-state index < -0.39 is 0 Å². The quantitative estimate of drug-likeness (QED) is 0.799. The maximum atomic E-state index is 5.16. The first-order valence-electron chi connectivity index (χ1n) is 4.99. The van der Waals surface area contributed by atoms with Gasteiger partial charge in [-0.2, -0.15) is 0 Å². The Balaban J connectivity index is 2.49. The van der Waals surface area contributed by atoms with E-state index >= 15 is 0 Å². The molecule has 0 atom stereocenters. The molecule has 0 spiro atoms. The zero-order valence-electron chi connectivity index (χ0n) is 8.98. The molecule has 2 nitrogen and oxygen atoms in total. The molecule has 0 aliphatic rings. The van der Waals surface area contributed by atoms with Crippen LogP contribution >= 0.6 is 15.9 Å². The Morgan fingerprint density at radius 2 is 2.00 bits per heavy atom. The molecule has 0 aliphatic carbocycles. The van der Waals surface area contributed by atoms with Gasteiger partial charge in [-0.15, -0.1) is 0 Å². The van der Waals surface area contributed by atoms with Crippen molar-refractivity contribution >= 4 is 15.9 Å². The standard InChI is InChI=1S/C13H12BrNO/c1-16-12-7-11(8-14)13(15-9-12)10-5-3-2-4-6-10/h2-7,9H,8H2,1H3. The molecule has 0 saturated carbocycles. The van der Waals surface area contributed by atoms with Gasteiger partial charge in [0.2, 0.25) is 0 Å². The highest BCUT2D eigenvalue weighted by Gasteiger charge is 2.06. The van der Waals surface area contributed by atoms with Gasteiger partial charge in [-0.25, -0.2) is 0 Å². The second-order valence-electron chi connectivity index (χ2n) is 3.38. The van der Waals surface area contributed by atoms with Gasteiger partial charge < -0.3 is 4.74 Å². The molecule has 0 amide bonds. The van der Waals surface area contributed by atoms with E-state index in [1.54, 1.807) is 13.3 Å². The number of hydrogen-bond donors (Lipinski definition) is 0. The highest BCUT2D eigenvalue weighted by Crippen LogP contribution is 2.26. The molecule has 0 aliphatic heterocycles. The van der Waals surface area contributed by atoms with Crippen molar-refractivity contribution in [3.8, 4) is 17.0 Å². The van der Waals surface area contributed by atoms with Crippen molar-refractivity contribution in [2.75, 3.05) is 7.11 Å². The number of methoxy groups -OCH3 is 1. The van der Waals surface area contributed by atoms with E-state index in [9.17, 15) is 0 Å². The van der Waals surface area contributed by atoms with Crippen LogP contribution < -0.4 is 4.74 Å². The lowest BCUT2D eigenvalue weighted by Gasteiger charge is -2.08. The average Bonchev–Trinajstić information content (AvgIpc) is 2.39.